The summed E-state index contributed by atoms with van der Waals surface area (Å²) in [5.74, 6) is 0.597. The Morgan fingerprint density at radius 2 is 1.88 bits per heavy atom. The third-order valence-corrected chi connectivity index (χ3v) is 7.50. The maximum Gasteiger partial charge on any atom is 0.262 e. The molecule has 0 spiro atoms. The molecular formula is C26H29N5O2S. The van der Waals surface area contributed by atoms with E-state index in [2.05, 4.69) is 23.2 Å². The lowest BCUT2D eigenvalue weighted by Crippen LogP contribution is -2.40. The summed E-state index contributed by atoms with van der Waals surface area (Å²) < 4.78 is 3.66. The number of hydrogen-bond acceptors (Lipinski definition) is 5. The lowest BCUT2D eigenvalue weighted by molar-refractivity contribution is -0.117. The number of carbonyl (C=O) groups excluding carboxylic acids is 1. The minimum Gasteiger partial charge on any atom is -0.311 e. The Balaban J connectivity index is 1.51. The molecule has 1 aliphatic rings. The minimum atomic E-state index is -0.349. The first kappa shape index (κ1) is 22.7. The van der Waals surface area contributed by atoms with E-state index < -0.39 is 0 Å². The summed E-state index contributed by atoms with van der Waals surface area (Å²) in [5, 5.41) is 9.75. The van der Waals surface area contributed by atoms with Crippen LogP contribution in [0.5, 0.6) is 0 Å². The van der Waals surface area contributed by atoms with Crippen LogP contribution in [-0.2, 0) is 17.8 Å². The number of carbonyl (C=O) groups is 1. The van der Waals surface area contributed by atoms with Gasteiger partial charge in [0, 0.05) is 18.8 Å². The van der Waals surface area contributed by atoms with Gasteiger partial charge < -0.3 is 4.90 Å². The van der Waals surface area contributed by atoms with Gasteiger partial charge in [-0.25, -0.2) is 0 Å². The highest BCUT2D eigenvalue weighted by Gasteiger charge is 2.28. The van der Waals surface area contributed by atoms with Gasteiger partial charge >= 0.3 is 0 Å². The fraction of sp³-hybridized carbons (Fsp3) is 0.385. The molecule has 1 amide bonds. The Kier molecular flexibility index (Phi) is 6.41. The van der Waals surface area contributed by atoms with Gasteiger partial charge in [-0.3, -0.25) is 18.6 Å². The predicted octanol–water partition coefficient (Wildman–Crippen LogP) is 4.69. The van der Waals surface area contributed by atoms with Crippen LogP contribution in [0.1, 0.15) is 45.1 Å². The number of amides is 1. The normalized spacial score (nSPS) is 14.5. The largest absolute Gasteiger partial charge is 0.311 e. The molecular weight excluding hydrogens is 446 g/mol. The van der Waals surface area contributed by atoms with Crippen LogP contribution in [-0.4, -0.2) is 36.9 Å². The van der Waals surface area contributed by atoms with Gasteiger partial charge in [0.2, 0.25) is 11.7 Å². The van der Waals surface area contributed by atoms with E-state index in [9.17, 15) is 9.59 Å². The zero-order chi connectivity index (χ0) is 23.7. The first-order valence-corrected chi connectivity index (χ1v) is 12.9. The molecule has 1 unspecified atom stereocenters. The number of thioether (sulfide) groups is 1. The Morgan fingerprint density at radius 3 is 2.74 bits per heavy atom. The maximum absolute atomic E-state index is 13.5. The molecule has 0 radical (unpaired) electrons. The molecule has 0 aliphatic carbocycles. The van der Waals surface area contributed by atoms with Gasteiger partial charge in [0.25, 0.3) is 5.56 Å². The molecule has 34 heavy (non-hydrogen) atoms. The Labute approximate surface area is 202 Å². The van der Waals surface area contributed by atoms with Gasteiger partial charge in [-0.15, -0.1) is 10.2 Å². The van der Waals surface area contributed by atoms with E-state index in [-0.39, 0.29) is 16.7 Å². The smallest absolute Gasteiger partial charge is 0.262 e. The first-order valence-electron chi connectivity index (χ1n) is 12.0. The summed E-state index contributed by atoms with van der Waals surface area (Å²) in [6, 6.07) is 15.7. The summed E-state index contributed by atoms with van der Waals surface area (Å²) in [6.07, 6.45) is 4.99. The van der Waals surface area contributed by atoms with E-state index in [1.807, 2.05) is 58.7 Å². The number of nitrogens with zero attached hydrogens (tertiary/aromatic N) is 5. The molecule has 0 fully saturated rings. The Morgan fingerprint density at radius 1 is 1.09 bits per heavy atom. The van der Waals surface area contributed by atoms with Crippen LogP contribution < -0.4 is 10.5 Å². The summed E-state index contributed by atoms with van der Waals surface area (Å²) in [5.41, 5.74) is 2.95. The second-order valence-electron chi connectivity index (χ2n) is 8.78. The highest BCUT2D eigenvalue weighted by molar-refractivity contribution is 8.00. The number of aryl methyl sites for hydroxylation is 2. The lowest BCUT2D eigenvalue weighted by Gasteiger charge is -2.31. The van der Waals surface area contributed by atoms with Crippen molar-refractivity contribution < 1.29 is 4.79 Å². The quantitative estimate of drug-likeness (QED) is 0.286. The fourth-order valence-corrected chi connectivity index (χ4v) is 5.64. The van der Waals surface area contributed by atoms with Crippen molar-refractivity contribution in [3.63, 3.8) is 0 Å². The van der Waals surface area contributed by atoms with Crippen LogP contribution >= 0.6 is 11.8 Å². The highest BCUT2D eigenvalue weighted by Crippen LogP contribution is 2.31. The van der Waals surface area contributed by atoms with Crippen molar-refractivity contribution in [1.29, 1.82) is 0 Å². The number of rotatable bonds is 7. The first-order chi connectivity index (χ1) is 16.6. The molecule has 0 saturated carbocycles. The van der Waals surface area contributed by atoms with Crippen molar-refractivity contribution in [3.8, 4) is 0 Å². The van der Waals surface area contributed by atoms with Crippen LogP contribution in [0.25, 0.3) is 16.7 Å². The van der Waals surface area contributed by atoms with Crippen molar-refractivity contribution >= 4 is 40.0 Å². The number of hydrogen-bond donors (Lipinski definition) is 0. The number of benzene rings is 2. The molecule has 7 nitrogen and oxygen atoms in total. The van der Waals surface area contributed by atoms with Crippen LogP contribution in [0.2, 0.25) is 0 Å². The molecule has 8 heteroatoms. The summed E-state index contributed by atoms with van der Waals surface area (Å²) in [6.45, 7) is 5.39. The zero-order valence-electron chi connectivity index (χ0n) is 19.6. The third kappa shape index (κ3) is 4.00. The molecule has 0 bridgehead atoms. The van der Waals surface area contributed by atoms with E-state index in [1.165, 1.54) is 17.3 Å². The summed E-state index contributed by atoms with van der Waals surface area (Å²) in [4.78, 5) is 28.6. The van der Waals surface area contributed by atoms with Crippen LogP contribution in [0.3, 0.4) is 0 Å². The molecule has 1 aliphatic heterocycles. The molecule has 0 N–H and O–H groups in total. The van der Waals surface area contributed by atoms with Gasteiger partial charge in [0.15, 0.2) is 5.16 Å². The number of anilines is 1. The van der Waals surface area contributed by atoms with E-state index in [0.29, 0.717) is 22.9 Å². The number of unbranched alkanes of at least 4 members (excludes halogenated alkanes) is 2. The Bertz CT molecular complexity index is 1410. The van der Waals surface area contributed by atoms with Crippen molar-refractivity contribution in [2.24, 2.45) is 0 Å². The van der Waals surface area contributed by atoms with Crippen molar-refractivity contribution in [2.45, 2.75) is 62.9 Å². The lowest BCUT2D eigenvalue weighted by atomic mass is 10.0. The van der Waals surface area contributed by atoms with E-state index in [4.69, 9.17) is 0 Å². The molecule has 2 aromatic carbocycles. The second kappa shape index (κ2) is 9.62. The number of fused-ring (bicyclic) bond motifs is 4. The van der Waals surface area contributed by atoms with Crippen LogP contribution in [0.15, 0.2) is 58.5 Å². The van der Waals surface area contributed by atoms with Gasteiger partial charge in [-0.05, 0) is 49.9 Å². The van der Waals surface area contributed by atoms with E-state index in [1.54, 1.807) is 4.57 Å². The SMILES string of the molecule is CCCCCn1c(=O)c2ccccc2n2c(SC(C)C(=O)N3CCCc4ccccc43)nnc12. The van der Waals surface area contributed by atoms with Crippen LogP contribution in [0.4, 0.5) is 5.69 Å². The fourth-order valence-electron chi connectivity index (χ4n) is 4.72. The van der Waals surface area contributed by atoms with Crippen molar-refractivity contribution in [2.75, 3.05) is 11.4 Å². The molecule has 3 heterocycles. The third-order valence-electron chi connectivity index (χ3n) is 6.47. The molecule has 5 rings (SSSR count). The van der Waals surface area contributed by atoms with Gasteiger partial charge in [0.05, 0.1) is 16.2 Å². The molecule has 176 valence electrons. The topological polar surface area (TPSA) is 72.5 Å². The number of aromatic nitrogens is 4. The average molecular weight is 476 g/mol. The van der Waals surface area contributed by atoms with Gasteiger partial charge in [-0.1, -0.05) is 61.9 Å². The highest BCUT2D eigenvalue weighted by atomic mass is 32.2. The molecule has 1 atom stereocenters. The van der Waals surface area contributed by atoms with Gasteiger partial charge in [-0.2, -0.15) is 0 Å². The van der Waals surface area contributed by atoms with Crippen molar-refractivity contribution in [1.82, 2.24) is 19.2 Å². The summed E-state index contributed by atoms with van der Waals surface area (Å²) >= 11 is 1.40. The van der Waals surface area contributed by atoms with Crippen LogP contribution in [0, 0.1) is 0 Å². The zero-order valence-corrected chi connectivity index (χ0v) is 20.4. The number of para-hydroxylation sites is 2. The van der Waals surface area contributed by atoms with E-state index in [0.717, 1.165) is 49.9 Å². The average Bonchev–Trinajstić information content (AvgIpc) is 3.28. The summed E-state index contributed by atoms with van der Waals surface area (Å²) in [7, 11) is 0. The Hall–Kier alpha value is -3.13. The van der Waals surface area contributed by atoms with Crippen molar-refractivity contribution in [3.05, 3.63) is 64.4 Å². The van der Waals surface area contributed by atoms with Gasteiger partial charge in [0.1, 0.15) is 0 Å². The second-order valence-corrected chi connectivity index (χ2v) is 10.1. The molecule has 4 aromatic rings. The molecule has 0 saturated heterocycles. The predicted molar refractivity (Wildman–Crippen MR) is 137 cm³/mol. The monoisotopic (exact) mass is 475 g/mol. The van der Waals surface area contributed by atoms with E-state index >= 15 is 0 Å². The maximum atomic E-state index is 13.5. The standard InChI is InChI=1S/C26H29N5O2S/c1-3-4-9-16-30-24(33)20-13-6-8-15-22(20)31-25(30)27-28-26(31)34-18(2)23(32)29-17-10-12-19-11-5-7-14-21(19)29/h5-8,11,13-15,18H,3-4,9-10,12,16-17H2,1-2H3. The minimum absolute atomic E-state index is 0.0443. The molecule has 2 aromatic heterocycles.